The molecular formula is C20H23ClN2O2. The van der Waals surface area contributed by atoms with Gasteiger partial charge in [0.05, 0.1) is 29.1 Å². The quantitative estimate of drug-likeness (QED) is 0.845. The highest BCUT2D eigenvalue weighted by Crippen LogP contribution is 2.36. The van der Waals surface area contributed by atoms with E-state index in [1.54, 1.807) is 13.2 Å². The molecule has 5 heteroatoms. The van der Waals surface area contributed by atoms with E-state index >= 15 is 0 Å². The molecule has 1 aliphatic heterocycles. The lowest BCUT2D eigenvalue weighted by Gasteiger charge is -2.31. The van der Waals surface area contributed by atoms with Crippen LogP contribution in [0.3, 0.4) is 0 Å². The minimum absolute atomic E-state index is 0.193. The SMILES string of the molecule is COc1c(C)cccc1C(=O)Nc1cccc(Cl)c1N1CCCCC1. The number of anilines is 2. The lowest BCUT2D eigenvalue weighted by Crippen LogP contribution is -2.30. The summed E-state index contributed by atoms with van der Waals surface area (Å²) in [5.41, 5.74) is 3.09. The Morgan fingerprint density at radius 2 is 1.84 bits per heavy atom. The second-order valence-electron chi connectivity index (χ2n) is 6.29. The van der Waals surface area contributed by atoms with Crippen LogP contribution in [0, 0.1) is 6.92 Å². The lowest BCUT2D eigenvalue weighted by atomic mass is 10.1. The maximum Gasteiger partial charge on any atom is 0.259 e. The number of amides is 1. The Kier molecular flexibility index (Phi) is 5.49. The van der Waals surface area contributed by atoms with E-state index < -0.39 is 0 Å². The first kappa shape index (κ1) is 17.6. The van der Waals surface area contributed by atoms with Crippen molar-refractivity contribution in [2.75, 3.05) is 30.4 Å². The fraction of sp³-hybridized carbons (Fsp3) is 0.350. The smallest absolute Gasteiger partial charge is 0.259 e. The molecule has 3 rings (SSSR count). The third-order valence-electron chi connectivity index (χ3n) is 4.57. The molecule has 2 aromatic carbocycles. The number of para-hydroxylation sites is 2. The first-order valence-electron chi connectivity index (χ1n) is 8.60. The van der Waals surface area contributed by atoms with Gasteiger partial charge in [-0.15, -0.1) is 0 Å². The maximum atomic E-state index is 12.8. The van der Waals surface area contributed by atoms with Crippen molar-refractivity contribution in [3.8, 4) is 5.75 Å². The highest BCUT2D eigenvalue weighted by molar-refractivity contribution is 6.34. The van der Waals surface area contributed by atoms with Gasteiger partial charge in [-0.05, 0) is 49.9 Å². The third-order valence-corrected chi connectivity index (χ3v) is 4.87. The molecule has 132 valence electrons. The van der Waals surface area contributed by atoms with Crippen LogP contribution in [-0.4, -0.2) is 26.1 Å². The van der Waals surface area contributed by atoms with Crippen LogP contribution < -0.4 is 15.0 Å². The molecule has 1 amide bonds. The van der Waals surface area contributed by atoms with Crippen LogP contribution >= 0.6 is 11.6 Å². The largest absolute Gasteiger partial charge is 0.496 e. The Bertz CT molecular complexity index is 770. The number of aryl methyl sites for hydroxylation is 1. The van der Waals surface area contributed by atoms with E-state index in [-0.39, 0.29) is 5.91 Å². The molecule has 0 atom stereocenters. The lowest BCUT2D eigenvalue weighted by molar-refractivity contribution is 0.102. The normalized spacial score (nSPS) is 14.3. The van der Waals surface area contributed by atoms with Gasteiger partial charge in [0.25, 0.3) is 5.91 Å². The van der Waals surface area contributed by atoms with Crippen LogP contribution in [-0.2, 0) is 0 Å². The molecule has 0 aliphatic carbocycles. The zero-order valence-electron chi connectivity index (χ0n) is 14.6. The van der Waals surface area contributed by atoms with Gasteiger partial charge >= 0.3 is 0 Å². The zero-order valence-corrected chi connectivity index (χ0v) is 15.4. The molecule has 1 saturated heterocycles. The highest BCUT2D eigenvalue weighted by atomic mass is 35.5. The van der Waals surface area contributed by atoms with Gasteiger partial charge < -0.3 is 15.0 Å². The van der Waals surface area contributed by atoms with E-state index in [0.717, 1.165) is 42.9 Å². The second-order valence-corrected chi connectivity index (χ2v) is 6.70. The summed E-state index contributed by atoms with van der Waals surface area (Å²) in [6.45, 7) is 3.84. The van der Waals surface area contributed by atoms with Crippen molar-refractivity contribution in [2.45, 2.75) is 26.2 Å². The first-order valence-corrected chi connectivity index (χ1v) is 8.98. The van der Waals surface area contributed by atoms with Crippen LogP contribution in [0.2, 0.25) is 5.02 Å². The summed E-state index contributed by atoms with van der Waals surface area (Å²) in [6, 6.07) is 11.2. The molecule has 0 unspecified atom stereocenters. The highest BCUT2D eigenvalue weighted by Gasteiger charge is 2.20. The zero-order chi connectivity index (χ0) is 17.8. The molecule has 0 bridgehead atoms. The van der Waals surface area contributed by atoms with Crippen molar-refractivity contribution in [3.05, 3.63) is 52.5 Å². The van der Waals surface area contributed by atoms with E-state index in [1.165, 1.54) is 6.42 Å². The molecule has 0 aromatic heterocycles. The number of hydrogen-bond donors (Lipinski definition) is 1. The Hall–Kier alpha value is -2.20. The van der Waals surface area contributed by atoms with Gasteiger partial charge in [-0.2, -0.15) is 0 Å². The van der Waals surface area contributed by atoms with Crippen molar-refractivity contribution in [1.82, 2.24) is 0 Å². The monoisotopic (exact) mass is 358 g/mol. The van der Waals surface area contributed by atoms with Crippen LogP contribution in [0.5, 0.6) is 5.75 Å². The number of carbonyl (C=O) groups is 1. The number of carbonyl (C=O) groups excluding carboxylic acids is 1. The molecular weight excluding hydrogens is 336 g/mol. The van der Waals surface area contributed by atoms with E-state index in [4.69, 9.17) is 16.3 Å². The Labute approximate surface area is 153 Å². The molecule has 1 aliphatic rings. The van der Waals surface area contributed by atoms with Gasteiger partial charge in [-0.3, -0.25) is 4.79 Å². The Morgan fingerprint density at radius 1 is 1.12 bits per heavy atom. The van der Waals surface area contributed by atoms with Gasteiger partial charge in [-0.1, -0.05) is 29.8 Å². The number of halogens is 1. The number of benzene rings is 2. The van der Waals surface area contributed by atoms with Crippen molar-refractivity contribution in [3.63, 3.8) is 0 Å². The average Bonchev–Trinajstić information content (AvgIpc) is 2.62. The average molecular weight is 359 g/mol. The van der Waals surface area contributed by atoms with Crippen LogP contribution in [0.15, 0.2) is 36.4 Å². The second kappa shape index (κ2) is 7.79. The topological polar surface area (TPSA) is 41.6 Å². The van der Waals surface area contributed by atoms with Crippen LogP contribution in [0.4, 0.5) is 11.4 Å². The molecule has 25 heavy (non-hydrogen) atoms. The molecule has 0 saturated carbocycles. The molecule has 0 radical (unpaired) electrons. The van der Waals surface area contributed by atoms with Gasteiger partial charge in [-0.25, -0.2) is 0 Å². The van der Waals surface area contributed by atoms with Crippen LogP contribution in [0.1, 0.15) is 35.2 Å². The molecule has 1 fully saturated rings. The molecule has 1 heterocycles. The molecule has 2 aromatic rings. The number of ether oxygens (including phenoxy) is 1. The summed E-state index contributed by atoms with van der Waals surface area (Å²) in [5, 5.41) is 3.68. The summed E-state index contributed by atoms with van der Waals surface area (Å²) in [6.07, 6.45) is 3.53. The van der Waals surface area contributed by atoms with E-state index in [0.29, 0.717) is 16.3 Å². The predicted octanol–water partition coefficient (Wildman–Crippen LogP) is 4.90. The van der Waals surface area contributed by atoms with Gasteiger partial charge in [0.15, 0.2) is 0 Å². The van der Waals surface area contributed by atoms with Crippen molar-refractivity contribution >= 4 is 28.9 Å². The van der Waals surface area contributed by atoms with Crippen molar-refractivity contribution in [2.24, 2.45) is 0 Å². The van der Waals surface area contributed by atoms with E-state index in [2.05, 4.69) is 10.2 Å². The van der Waals surface area contributed by atoms with Gasteiger partial charge in [0, 0.05) is 13.1 Å². The number of hydrogen-bond acceptors (Lipinski definition) is 3. The fourth-order valence-corrected chi connectivity index (χ4v) is 3.64. The van der Waals surface area contributed by atoms with Crippen molar-refractivity contribution in [1.29, 1.82) is 0 Å². The molecule has 1 N–H and O–H groups in total. The predicted molar refractivity (Wildman–Crippen MR) is 103 cm³/mol. The first-order chi connectivity index (χ1) is 12.1. The molecule has 0 spiro atoms. The van der Waals surface area contributed by atoms with E-state index in [9.17, 15) is 4.79 Å². The minimum atomic E-state index is -0.193. The number of methoxy groups -OCH3 is 1. The number of piperidine rings is 1. The van der Waals surface area contributed by atoms with Crippen LogP contribution in [0.25, 0.3) is 0 Å². The standard InChI is InChI=1S/C20H23ClN2O2/c1-14-8-6-9-15(19(14)25-2)20(24)22-17-11-7-10-16(21)18(17)23-12-4-3-5-13-23/h6-11H,3-5,12-13H2,1-2H3,(H,22,24). The Morgan fingerprint density at radius 3 is 2.56 bits per heavy atom. The number of nitrogens with zero attached hydrogens (tertiary/aromatic N) is 1. The maximum absolute atomic E-state index is 12.8. The summed E-state index contributed by atoms with van der Waals surface area (Å²) in [7, 11) is 1.58. The number of nitrogens with one attached hydrogen (secondary N) is 1. The number of rotatable bonds is 4. The van der Waals surface area contributed by atoms with Gasteiger partial charge in [0.2, 0.25) is 0 Å². The van der Waals surface area contributed by atoms with Gasteiger partial charge in [0.1, 0.15) is 5.75 Å². The summed E-state index contributed by atoms with van der Waals surface area (Å²) in [5.74, 6) is 0.405. The summed E-state index contributed by atoms with van der Waals surface area (Å²) < 4.78 is 5.41. The third kappa shape index (κ3) is 3.74. The summed E-state index contributed by atoms with van der Waals surface area (Å²) >= 11 is 6.46. The minimum Gasteiger partial charge on any atom is -0.496 e. The Balaban J connectivity index is 1.92. The molecule has 4 nitrogen and oxygen atoms in total. The summed E-state index contributed by atoms with van der Waals surface area (Å²) in [4.78, 5) is 15.1. The fourth-order valence-electron chi connectivity index (χ4n) is 3.35. The van der Waals surface area contributed by atoms with E-state index in [1.807, 2.05) is 37.3 Å². The van der Waals surface area contributed by atoms with Crippen molar-refractivity contribution < 1.29 is 9.53 Å².